The number of hydrogen-bond donors (Lipinski definition) is 2. The van der Waals surface area contributed by atoms with Gasteiger partial charge in [-0.3, -0.25) is 9.59 Å². The number of piperidine rings is 1. The number of nitrogens with one attached hydrogen (secondary N) is 2. The molecular weight excluding hydrogens is 360 g/mol. The number of nitrogens with zero attached hydrogens (tertiary/aromatic N) is 2. The Morgan fingerprint density at radius 1 is 1.33 bits per heavy atom. The molecule has 1 aliphatic heterocycles. The van der Waals surface area contributed by atoms with Gasteiger partial charge in [0.2, 0.25) is 0 Å². The minimum Gasteiger partial charge on any atom is -0.349 e. The van der Waals surface area contributed by atoms with Gasteiger partial charge in [0.15, 0.2) is 13.1 Å². The molecular formula is C20H29N4O2S+. The number of para-hydroxylation sites is 1. The number of likely N-dealkylation sites (tertiary alicyclic amines) is 1. The number of likely N-dealkylation sites (N-methyl/N-ethyl adjacent to an activating group) is 1. The zero-order valence-electron chi connectivity index (χ0n) is 16.3. The monoisotopic (exact) mass is 389 g/mol. The highest BCUT2D eigenvalue weighted by Crippen LogP contribution is 2.32. The SMILES string of the molecule is CC(C)NC(=O)C[NH+](C)CC(=O)N1CCC[C@H](c2nc3ccccc3s2)C1. The number of thiazole rings is 1. The Morgan fingerprint density at radius 2 is 2.11 bits per heavy atom. The lowest BCUT2D eigenvalue weighted by Gasteiger charge is -2.32. The minimum atomic E-state index is -0.0127. The van der Waals surface area contributed by atoms with Crippen LogP contribution in [0.15, 0.2) is 24.3 Å². The third-order valence-electron chi connectivity index (χ3n) is 4.80. The molecule has 7 heteroatoms. The highest BCUT2D eigenvalue weighted by atomic mass is 32.1. The van der Waals surface area contributed by atoms with E-state index in [4.69, 9.17) is 4.98 Å². The molecule has 2 amide bonds. The van der Waals surface area contributed by atoms with Gasteiger partial charge in [0, 0.05) is 25.0 Å². The van der Waals surface area contributed by atoms with Gasteiger partial charge in [0.25, 0.3) is 11.8 Å². The van der Waals surface area contributed by atoms with Crippen LogP contribution < -0.4 is 10.2 Å². The summed E-state index contributed by atoms with van der Waals surface area (Å²) in [6, 6.07) is 8.31. The van der Waals surface area contributed by atoms with Crippen molar-refractivity contribution in [3.63, 3.8) is 0 Å². The molecule has 2 heterocycles. The number of hydrogen-bond acceptors (Lipinski definition) is 4. The fraction of sp³-hybridized carbons (Fsp3) is 0.550. The molecule has 1 aromatic carbocycles. The molecule has 3 rings (SSSR count). The summed E-state index contributed by atoms with van der Waals surface area (Å²) in [6.45, 7) is 6.07. The van der Waals surface area contributed by atoms with E-state index < -0.39 is 0 Å². The highest BCUT2D eigenvalue weighted by Gasteiger charge is 2.28. The summed E-state index contributed by atoms with van der Waals surface area (Å²) in [5.74, 6) is 0.418. The lowest BCUT2D eigenvalue weighted by atomic mass is 9.98. The fourth-order valence-corrected chi connectivity index (χ4v) is 4.64. The van der Waals surface area contributed by atoms with Gasteiger partial charge in [-0.15, -0.1) is 11.3 Å². The second kappa shape index (κ2) is 8.80. The van der Waals surface area contributed by atoms with Crippen LogP contribution in [0.4, 0.5) is 0 Å². The number of amides is 2. The van der Waals surface area contributed by atoms with Crippen LogP contribution in [0.1, 0.15) is 37.6 Å². The summed E-state index contributed by atoms with van der Waals surface area (Å²) < 4.78 is 1.20. The van der Waals surface area contributed by atoms with Crippen LogP contribution >= 0.6 is 11.3 Å². The molecule has 1 unspecified atom stereocenters. The first kappa shape index (κ1) is 19.8. The van der Waals surface area contributed by atoms with Gasteiger partial charge in [-0.1, -0.05) is 12.1 Å². The van der Waals surface area contributed by atoms with Gasteiger partial charge < -0.3 is 15.1 Å². The van der Waals surface area contributed by atoms with Crippen LogP contribution in [0.5, 0.6) is 0 Å². The summed E-state index contributed by atoms with van der Waals surface area (Å²) in [4.78, 5) is 32.2. The summed E-state index contributed by atoms with van der Waals surface area (Å²) >= 11 is 1.74. The topological polar surface area (TPSA) is 66.7 Å². The Hall–Kier alpha value is -1.99. The van der Waals surface area contributed by atoms with E-state index in [-0.39, 0.29) is 17.9 Å². The van der Waals surface area contributed by atoms with E-state index in [9.17, 15) is 9.59 Å². The van der Waals surface area contributed by atoms with E-state index in [1.807, 2.05) is 44.0 Å². The van der Waals surface area contributed by atoms with Crippen LogP contribution in [-0.2, 0) is 9.59 Å². The maximum Gasteiger partial charge on any atom is 0.277 e. The predicted molar refractivity (Wildman–Crippen MR) is 108 cm³/mol. The van der Waals surface area contributed by atoms with Crippen LogP contribution in [0.25, 0.3) is 10.2 Å². The molecule has 1 saturated heterocycles. The molecule has 1 aliphatic rings. The Bertz CT molecular complexity index is 771. The molecule has 27 heavy (non-hydrogen) atoms. The average molecular weight is 390 g/mol. The molecule has 6 nitrogen and oxygen atoms in total. The van der Waals surface area contributed by atoms with Crippen LogP contribution in [-0.4, -0.2) is 61.0 Å². The summed E-state index contributed by atoms with van der Waals surface area (Å²) in [6.07, 6.45) is 2.07. The van der Waals surface area contributed by atoms with Crippen molar-refractivity contribution < 1.29 is 14.5 Å². The summed E-state index contributed by atoms with van der Waals surface area (Å²) in [5, 5.41) is 4.01. The maximum atomic E-state index is 12.7. The average Bonchev–Trinajstić information content (AvgIpc) is 3.05. The minimum absolute atomic E-state index is 0.0127. The first-order valence-electron chi connectivity index (χ1n) is 9.66. The predicted octanol–water partition coefficient (Wildman–Crippen LogP) is 1.04. The van der Waals surface area contributed by atoms with Crippen LogP contribution in [0, 0.1) is 0 Å². The van der Waals surface area contributed by atoms with Crippen molar-refractivity contribution in [1.82, 2.24) is 15.2 Å². The van der Waals surface area contributed by atoms with Crippen molar-refractivity contribution in [2.45, 2.75) is 38.6 Å². The Kier molecular flexibility index (Phi) is 6.44. The maximum absolute atomic E-state index is 12.7. The second-order valence-electron chi connectivity index (χ2n) is 7.73. The molecule has 146 valence electrons. The van der Waals surface area contributed by atoms with Crippen LogP contribution in [0.3, 0.4) is 0 Å². The molecule has 1 fully saturated rings. The molecule has 0 bridgehead atoms. The van der Waals surface area contributed by atoms with Gasteiger partial charge in [0.05, 0.1) is 22.3 Å². The molecule has 2 N–H and O–H groups in total. The van der Waals surface area contributed by atoms with E-state index in [1.165, 1.54) is 4.70 Å². The number of benzene rings is 1. The number of aromatic nitrogens is 1. The molecule has 2 atom stereocenters. The Morgan fingerprint density at radius 3 is 2.85 bits per heavy atom. The van der Waals surface area contributed by atoms with Crippen molar-refractivity contribution >= 4 is 33.4 Å². The van der Waals surface area contributed by atoms with Gasteiger partial charge in [-0.05, 0) is 38.8 Å². The smallest absolute Gasteiger partial charge is 0.277 e. The Labute approximate surface area is 164 Å². The first-order chi connectivity index (χ1) is 12.9. The van der Waals surface area contributed by atoms with E-state index >= 15 is 0 Å². The van der Waals surface area contributed by atoms with Crippen molar-refractivity contribution in [3.05, 3.63) is 29.3 Å². The molecule has 2 aromatic rings. The van der Waals surface area contributed by atoms with E-state index in [0.717, 1.165) is 41.4 Å². The van der Waals surface area contributed by atoms with Crippen molar-refractivity contribution in [3.8, 4) is 0 Å². The standard InChI is InChI=1S/C20H28N4O2S/c1-14(2)21-18(25)12-23(3)13-19(26)24-10-6-7-15(11-24)20-22-16-8-4-5-9-17(16)27-20/h4-5,8-9,14-15H,6-7,10-13H2,1-3H3,(H,21,25)/p+1/t15-/m0/s1. The third kappa shape index (κ3) is 5.26. The van der Waals surface area contributed by atoms with Gasteiger partial charge >= 0.3 is 0 Å². The number of quaternary nitrogens is 1. The third-order valence-corrected chi connectivity index (χ3v) is 6.00. The number of rotatable bonds is 6. The van der Waals surface area contributed by atoms with Gasteiger partial charge in [-0.25, -0.2) is 4.98 Å². The van der Waals surface area contributed by atoms with E-state index in [2.05, 4.69) is 11.4 Å². The largest absolute Gasteiger partial charge is 0.349 e. The summed E-state index contributed by atoms with van der Waals surface area (Å²) in [5.41, 5.74) is 1.04. The van der Waals surface area contributed by atoms with E-state index in [1.54, 1.807) is 11.3 Å². The van der Waals surface area contributed by atoms with Crippen molar-refractivity contribution in [1.29, 1.82) is 0 Å². The lowest BCUT2D eigenvalue weighted by molar-refractivity contribution is -0.863. The summed E-state index contributed by atoms with van der Waals surface area (Å²) in [7, 11) is 1.90. The van der Waals surface area contributed by atoms with E-state index in [0.29, 0.717) is 19.0 Å². The molecule has 0 radical (unpaired) electrons. The molecule has 0 spiro atoms. The fourth-order valence-electron chi connectivity index (χ4n) is 3.55. The first-order valence-corrected chi connectivity index (χ1v) is 10.5. The quantitative estimate of drug-likeness (QED) is 0.776. The number of carbonyl (C=O) groups is 2. The lowest BCUT2D eigenvalue weighted by Crippen LogP contribution is -3.11. The Balaban J connectivity index is 1.57. The van der Waals surface area contributed by atoms with Crippen molar-refractivity contribution in [2.24, 2.45) is 0 Å². The van der Waals surface area contributed by atoms with Gasteiger partial charge in [-0.2, -0.15) is 0 Å². The highest BCUT2D eigenvalue weighted by molar-refractivity contribution is 7.18. The zero-order chi connectivity index (χ0) is 19.4. The number of carbonyl (C=O) groups excluding carboxylic acids is 2. The normalized spacial score (nSPS) is 18.7. The molecule has 0 saturated carbocycles. The van der Waals surface area contributed by atoms with Crippen LogP contribution in [0.2, 0.25) is 0 Å². The van der Waals surface area contributed by atoms with Gasteiger partial charge in [0.1, 0.15) is 0 Å². The molecule has 0 aliphatic carbocycles. The molecule has 1 aromatic heterocycles. The zero-order valence-corrected chi connectivity index (χ0v) is 17.1. The second-order valence-corrected chi connectivity index (χ2v) is 8.79. The van der Waals surface area contributed by atoms with Crippen molar-refractivity contribution in [2.75, 3.05) is 33.2 Å². The number of fused-ring (bicyclic) bond motifs is 1.